The summed E-state index contributed by atoms with van der Waals surface area (Å²) in [6.45, 7) is 0. The third-order valence-corrected chi connectivity index (χ3v) is 3.24. The highest BCUT2D eigenvalue weighted by molar-refractivity contribution is 5.85. The van der Waals surface area contributed by atoms with Crippen LogP contribution >= 0.6 is 0 Å². The SMILES string of the molecule is NC(=O)C[C@H](N)C(=O)ONC(=O)CC[C@@H](N)C(=O)ONC(=O)CC[C@H](N)C(=O)O. The first-order valence-electron chi connectivity index (χ1n) is 8.20. The van der Waals surface area contributed by atoms with E-state index in [0.717, 1.165) is 0 Å². The van der Waals surface area contributed by atoms with Gasteiger partial charge in [0.15, 0.2) is 0 Å². The molecule has 3 atom stereocenters. The number of carboxylic acid groups (broad SMARTS) is 1. The Bertz CT molecular complexity index is 641. The molecule has 15 nitrogen and oxygen atoms in total. The smallest absolute Gasteiger partial charge is 0.349 e. The first kappa shape index (κ1) is 25.7. The van der Waals surface area contributed by atoms with Gasteiger partial charge in [-0.15, -0.1) is 0 Å². The van der Waals surface area contributed by atoms with E-state index in [0.29, 0.717) is 0 Å². The standard InChI is InChI=1S/C14H24N6O9/c15-6(12(24)25)1-3-10(22)19-28-13(26)7(16)2-4-11(23)20-29-14(27)8(17)5-9(18)21/h6-8H,1-5,15-17H2,(H2,18,21)(H,19,22)(H,20,23)(H,24,25)/t6-,7+,8-/m0/s1. The fraction of sp³-hybridized carbons (Fsp3) is 0.571. The van der Waals surface area contributed by atoms with Gasteiger partial charge < -0.3 is 37.7 Å². The second-order valence-corrected chi connectivity index (χ2v) is 5.80. The van der Waals surface area contributed by atoms with Crippen molar-refractivity contribution in [2.24, 2.45) is 22.9 Å². The molecule has 0 fully saturated rings. The minimum atomic E-state index is -1.35. The molecule has 11 N–H and O–H groups in total. The van der Waals surface area contributed by atoms with Crippen LogP contribution in [-0.4, -0.2) is 58.9 Å². The Labute approximate surface area is 164 Å². The second kappa shape index (κ2) is 13.0. The molecule has 0 unspecified atom stereocenters. The third kappa shape index (κ3) is 11.9. The largest absolute Gasteiger partial charge is 0.480 e. The molecule has 0 bridgehead atoms. The molecule has 0 saturated carbocycles. The highest BCUT2D eigenvalue weighted by Gasteiger charge is 2.21. The quantitative estimate of drug-likeness (QED) is 0.156. The molecule has 29 heavy (non-hydrogen) atoms. The van der Waals surface area contributed by atoms with E-state index in [2.05, 4.69) is 9.68 Å². The highest BCUT2D eigenvalue weighted by Crippen LogP contribution is 1.99. The van der Waals surface area contributed by atoms with E-state index < -0.39 is 60.2 Å². The topological polar surface area (TPSA) is 269 Å². The van der Waals surface area contributed by atoms with Crippen molar-refractivity contribution >= 4 is 35.6 Å². The number of primary amides is 1. The average Bonchev–Trinajstić information content (AvgIpc) is 2.65. The van der Waals surface area contributed by atoms with Crippen LogP contribution < -0.4 is 33.9 Å². The van der Waals surface area contributed by atoms with Gasteiger partial charge in [0.05, 0.1) is 6.42 Å². The molecule has 0 spiro atoms. The first-order valence-corrected chi connectivity index (χ1v) is 8.20. The number of hydrogen-bond acceptors (Lipinski definition) is 11. The molecule has 0 aliphatic heterocycles. The van der Waals surface area contributed by atoms with Crippen LogP contribution in [0.2, 0.25) is 0 Å². The number of rotatable bonds is 11. The van der Waals surface area contributed by atoms with Gasteiger partial charge in [-0.3, -0.25) is 19.2 Å². The summed E-state index contributed by atoms with van der Waals surface area (Å²) in [6, 6.07) is -3.88. The zero-order valence-electron chi connectivity index (χ0n) is 15.3. The van der Waals surface area contributed by atoms with E-state index in [-0.39, 0.29) is 25.7 Å². The molecule has 15 heteroatoms. The van der Waals surface area contributed by atoms with Crippen LogP contribution in [0.3, 0.4) is 0 Å². The molecule has 164 valence electrons. The van der Waals surface area contributed by atoms with Crippen LogP contribution in [0.15, 0.2) is 0 Å². The summed E-state index contributed by atoms with van der Waals surface area (Å²) in [5, 5.41) is 8.58. The van der Waals surface area contributed by atoms with E-state index >= 15 is 0 Å². The number of carbonyl (C=O) groups excluding carboxylic acids is 5. The number of hydroxylamine groups is 2. The van der Waals surface area contributed by atoms with Crippen molar-refractivity contribution in [2.45, 2.75) is 50.2 Å². The van der Waals surface area contributed by atoms with E-state index in [1.54, 1.807) is 11.0 Å². The molecular weight excluding hydrogens is 396 g/mol. The number of amides is 3. The van der Waals surface area contributed by atoms with Crippen LogP contribution in [-0.2, 0) is 38.4 Å². The lowest BCUT2D eigenvalue weighted by molar-refractivity contribution is -0.161. The molecule has 0 radical (unpaired) electrons. The van der Waals surface area contributed by atoms with Gasteiger partial charge in [0.1, 0.15) is 18.1 Å². The molecular formula is C14H24N6O9. The van der Waals surface area contributed by atoms with E-state index in [9.17, 15) is 28.8 Å². The summed E-state index contributed by atoms with van der Waals surface area (Å²) in [7, 11) is 0. The second-order valence-electron chi connectivity index (χ2n) is 5.80. The fourth-order valence-electron chi connectivity index (χ4n) is 1.58. The van der Waals surface area contributed by atoms with Gasteiger partial charge in [0.2, 0.25) is 5.91 Å². The van der Waals surface area contributed by atoms with Crippen molar-refractivity contribution in [3.63, 3.8) is 0 Å². The van der Waals surface area contributed by atoms with Gasteiger partial charge in [0.25, 0.3) is 11.8 Å². The zero-order valence-corrected chi connectivity index (χ0v) is 15.3. The average molecular weight is 420 g/mol. The van der Waals surface area contributed by atoms with Gasteiger partial charge in [0, 0.05) is 12.8 Å². The number of carbonyl (C=O) groups is 6. The van der Waals surface area contributed by atoms with Crippen LogP contribution in [0, 0.1) is 0 Å². The molecule has 0 aliphatic carbocycles. The van der Waals surface area contributed by atoms with Gasteiger partial charge >= 0.3 is 17.9 Å². The van der Waals surface area contributed by atoms with Crippen molar-refractivity contribution in [1.29, 1.82) is 0 Å². The van der Waals surface area contributed by atoms with Gasteiger partial charge in [-0.25, -0.2) is 9.59 Å². The van der Waals surface area contributed by atoms with Gasteiger partial charge in [-0.05, 0) is 12.8 Å². The van der Waals surface area contributed by atoms with Gasteiger partial charge in [-0.2, -0.15) is 11.0 Å². The lowest BCUT2D eigenvalue weighted by Gasteiger charge is -2.12. The Balaban J connectivity index is 4.09. The Kier molecular flexibility index (Phi) is 11.5. The molecule has 3 amide bonds. The zero-order chi connectivity index (χ0) is 22.6. The molecule has 0 aromatic rings. The van der Waals surface area contributed by atoms with E-state index in [1.165, 1.54) is 0 Å². The Morgan fingerprint density at radius 1 is 0.759 bits per heavy atom. The van der Waals surface area contributed by atoms with Crippen LogP contribution in [0.25, 0.3) is 0 Å². The van der Waals surface area contributed by atoms with Crippen LogP contribution in [0.5, 0.6) is 0 Å². The number of hydrogen-bond donors (Lipinski definition) is 7. The summed E-state index contributed by atoms with van der Waals surface area (Å²) in [5.74, 6) is -5.88. The van der Waals surface area contributed by atoms with Crippen molar-refractivity contribution in [1.82, 2.24) is 11.0 Å². The lowest BCUT2D eigenvalue weighted by atomic mass is 10.1. The lowest BCUT2D eigenvalue weighted by Crippen LogP contribution is -2.41. The minimum absolute atomic E-state index is 0.174. The molecule has 0 heterocycles. The predicted octanol–water partition coefficient (Wildman–Crippen LogP) is -4.36. The van der Waals surface area contributed by atoms with E-state index in [4.69, 9.17) is 28.0 Å². The van der Waals surface area contributed by atoms with Crippen molar-refractivity contribution in [3.05, 3.63) is 0 Å². The molecule has 0 rings (SSSR count). The normalized spacial score (nSPS) is 13.3. The number of aliphatic carboxylic acids is 1. The van der Waals surface area contributed by atoms with Crippen LogP contribution in [0.4, 0.5) is 0 Å². The summed E-state index contributed by atoms with van der Waals surface area (Å²) in [6.07, 6.45) is -1.53. The Hall–Kier alpha value is -3.30. The van der Waals surface area contributed by atoms with Crippen molar-refractivity contribution in [3.8, 4) is 0 Å². The van der Waals surface area contributed by atoms with Gasteiger partial charge in [-0.1, -0.05) is 0 Å². The highest BCUT2D eigenvalue weighted by atomic mass is 16.7. The molecule has 0 aliphatic rings. The maximum Gasteiger partial charge on any atom is 0.349 e. The molecule has 0 saturated heterocycles. The summed E-state index contributed by atoms with van der Waals surface area (Å²) >= 11 is 0. The number of carboxylic acids is 1. The van der Waals surface area contributed by atoms with Crippen molar-refractivity contribution < 1.29 is 43.5 Å². The molecule has 0 aromatic heterocycles. The molecule has 0 aromatic carbocycles. The van der Waals surface area contributed by atoms with E-state index in [1.807, 2.05) is 0 Å². The Morgan fingerprint density at radius 2 is 1.17 bits per heavy atom. The Morgan fingerprint density at radius 3 is 1.59 bits per heavy atom. The summed E-state index contributed by atoms with van der Waals surface area (Å²) in [4.78, 5) is 75.8. The van der Waals surface area contributed by atoms with Crippen molar-refractivity contribution in [2.75, 3.05) is 0 Å². The minimum Gasteiger partial charge on any atom is -0.480 e. The summed E-state index contributed by atoms with van der Waals surface area (Å²) in [5.41, 5.74) is 24.4. The third-order valence-electron chi connectivity index (χ3n) is 3.24. The predicted molar refractivity (Wildman–Crippen MR) is 92.3 cm³/mol. The number of nitrogens with one attached hydrogen (secondary N) is 2. The monoisotopic (exact) mass is 420 g/mol. The fourth-order valence-corrected chi connectivity index (χ4v) is 1.58. The maximum absolute atomic E-state index is 11.6. The van der Waals surface area contributed by atoms with Crippen LogP contribution in [0.1, 0.15) is 32.1 Å². The number of nitrogens with two attached hydrogens (primary N) is 4. The first-order chi connectivity index (χ1) is 13.4. The summed E-state index contributed by atoms with van der Waals surface area (Å²) < 4.78 is 0. The maximum atomic E-state index is 11.6.